The van der Waals surface area contributed by atoms with Crippen LogP contribution < -0.4 is 20.9 Å². The molecule has 41 heavy (non-hydrogen) atoms. The molecule has 0 amide bonds. The Bertz CT molecular complexity index is 1200. The van der Waals surface area contributed by atoms with Gasteiger partial charge in [-0.2, -0.15) is 0 Å². The first-order valence-corrected chi connectivity index (χ1v) is 12.0. The van der Waals surface area contributed by atoms with Gasteiger partial charge in [0.05, 0.1) is 35.7 Å². The SMILES string of the molecule is O=C(O[C@H]1CO[C@@]2(CCCCO2)[C@@H](OC(=O)c2cc(N([O-])[O-])cc(N(O)O)c2)C1)c1cc(N([O-])[O-])cc(N(O)O)c1. The lowest BCUT2D eigenvalue weighted by molar-refractivity contribution is -0.326. The van der Waals surface area contributed by atoms with Crippen molar-refractivity contribution in [1.82, 2.24) is 0 Å². The molecule has 2 aliphatic heterocycles. The molecular formula is C23H24N4O14-4. The van der Waals surface area contributed by atoms with Gasteiger partial charge in [0, 0.05) is 24.2 Å². The van der Waals surface area contributed by atoms with Crippen molar-refractivity contribution < 1.29 is 49.4 Å². The number of benzene rings is 2. The molecule has 3 atom stereocenters. The number of esters is 2. The summed E-state index contributed by atoms with van der Waals surface area (Å²) in [5, 5.41) is 79.7. The molecule has 2 aromatic carbocycles. The van der Waals surface area contributed by atoms with Crippen LogP contribution in [-0.4, -0.2) is 64.0 Å². The molecule has 0 bridgehead atoms. The van der Waals surface area contributed by atoms with Crippen molar-refractivity contribution >= 4 is 34.7 Å². The van der Waals surface area contributed by atoms with Gasteiger partial charge in [-0.05, 0) is 49.2 Å². The zero-order valence-corrected chi connectivity index (χ0v) is 21.0. The van der Waals surface area contributed by atoms with Gasteiger partial charge in [0.15, 0.2) is 6.10 Å². The summed E-state index contributed by atoms with van der Waals surface area (Å²) in [6.45, 7) is 0.0529. The second-order valence-corrected chi connectivity index (χ2v) is 9.15. The van der Waals surface area contributed by atoms with Crippen molar-refractivity contribution in [2.24, 2.45) is 0 Å². The molecule has 2 aromatic rings. The standard InChI is InChI=1S/C23H24N4O14/c28-21(13-5-15(24(30)31)9-16(6-13)25(32)33)40-19-11-20(23(39-12-19)3-1-2-4-38-23)41-22(29)14-7-17(26(34)35)10-18(8-14)27(36)37/h5-10,19-20,30-31,34-35H,1-4,11-12H2/q-4/t19-,20+,23+/m1/s1. The molecule has 0 unspecified atom stereocenters. The van der Waals surface area contributed by atoms with Gasteiger partial charge in [-0.15, -0.1) is 10.5 Å². The van der Waals surface area contributed by atoms with E-state index in [1.54, 1.807) is 0 Å². The molecule has 2 saturated heterocycles. The number of hydrogen-bond donors (Lipinski definition) is 4. The molecule has 2 fully saturated rings. The number of anilines is 4. The third-order valence-corrected chi connectivity index (χ3v) is 6.43. The predicted molar refractivity (Wildman–Crippen MR) is 135 cm³/mol. The Balaban J connectivity index is 1.56. The number of nitrogens with zero attached hydrogens (tertiary/aromatic N) is 4. The molecule has 0 aliphatic carbocycles. The number of carbonyl (C=O) groups is 2. The average Bonchev–Trinajstić information content (AvgIpc) is 2.94. The largest absolute Gasteiger partial charge is 0.769 e. The Morgan fingerprint density at radius 3 is 1.73 bits per heavy atom. The van der Waals surface area contributed by atoms with Crippen LogP contribution in [0.3, 0.4) is 0 Å². The van der Waals surface area contributed by atoms with Crippen molar-refractivity contribution in [3.05, 3.63) is 68.4 Å². The van der Waals surface area contributed by atoms with Gasteiger partial charge in [0.1, 0.15) is 6.10 Å². The van der Waals surface area contributed by atoms with Crippen LogP contribution >= 0.6 is 0 Å². The predicted octanol–water partition coefficient (Wildman–Crippen LogP) is 2.53. The molecule has 0 saturated carbocycles. The van der Waals surface area contributed by atoms with Gasteiger partial charge >= 0.3 is 11.9 Å². The van der Waals surface area contributed by atoms with Crippen LogP contribution in [0.2, 0.25) is 0 Å². The van der Waals surface area contributed by atoms with Crippen LogP contribution in [0.5, 0.6) is 0 Å². The maximum Gasteiger partial charge on any atom is 0.338 e. The topological polar surface area (TPSA) is 257 Å². The van der Waals surface area contributed by atoms with Gasteiger partial charge in [-0.1, -0.05) is 0 Å². The van der Waals surface area contributed by atoms with Crippen molar-refractivity contribution in [2.45, 2.75) is 43.7 Å². The number of ether oxygens (including phenoxy) is 4. The monoisotopic (exact) mass is 580 g/mol. The summed E-state index contributed by atoms with van der Waals surface area (Å²) >= 11 is 0. The number of carbonyl (C=O) groups excluding carboxylic acids is 2. The van der Waals surface area contributed by atoms with Gasteiger partial charge in [-0.3, -0.25) is 20.8 Å². The lowest BCUT2D eigenvalue weighted by Crippen LogP contribution is -2.57. The highest BCUT2D eigenvalue weighted by atomic mass is 16.8. The van der Waals surface area contributed by atoms with Crippen molar-refractivity contribution in [1.29, 1.82) is 0 Å². The minimum absolute atomic E-state index is 0.167. The van der Waals surface area contributed by atoms with E-state index in [1.165, 1.54) is 0 Å². The third kappa shape index (κ3) is 6.92. The first-order valence-electron chi connectivity index (χ1n) is 12.0. The van der Waals surface area contributed by atoms with Crippen LogP contribution in [0, 0.1) is 20.8 Å². The Morgan fingerprint density at radius 1 is 0.756 bits per heavy atom. The van der Waals surface area contributed by atoms with Crippen LogP contribution in [0.1, 0.15) is 46.4 Å². The Kier molecular flexibility index (Phi) is 9.09. The average molecular weight is 580 g/mol. The smallest absolute Gasteiger partial charge is 0.338 e. The third-order valence-electron chi connectivity index (χ3n) is 6.43. The zero-order chi connectivity index (χ0) is 29.9. The van der Waals surface area contributed by atoms with Gasteiger partial charge in [-0.25, -0.2) is 9.59 Å². The van der Waals surface area contributed by atoms with Crippen LogP contribution in [0.15, 0.2) is 36.4 Å². The summed E-state index contributed by atoms with van der Waals surface area (Å²) in [6.07, 6.45) is -0.801. The van der Waals surface area contributed by atoms with E-state index in [2.05, 4.69) is 0 Å². The maximum absolute atomic E-state index is 13.1. The summed E-state index contributed by atoms with van der Waals surface area (Å²) < 4.78 is 22.7. The number of rotatable bonds is 8. The summed E-state index contributed by atoms with van der Waals surface area (Å²) in [4.78, 5) is 25.9. The maximum atomic E-state index is 13.1. The fraction of sp³-hybridized carbons (Fsp3) is 0.391. The summed E-state index contributed by atoms with van der Waals surface area (Å²) in [6, 6.07) is 5.24. The Labute approximate surface area is 230 Å². The quantitative estimate of drug-likeness (QED) is 0.258. The molecule has 0 aromatic heterocycles. The van der Waals surface area contributed by atoms with Crippen molar-refractivity contribution in [2.75, 3.05) is 34.1 Å². The molecule has 18 nitrogen and oxygen atoms in total. The molecule has 4 N–H and O–H groups in total. The van der Waals surface area contributed by atoms with E-state index in [0.29, 0.717) is 19.3 Å². The first kappa shape index (κ1) is 30.1. The van der Waals surface area contributed by atoms with E-state index in [9.17, 15) is 51.2 Å². The molecule has 224 valence electrons. The van der Waals surface area contributed by atoms with E-state index >= 15 is 0 Å². The minimum atomic E-state index is -1.42. The van der Waals surface area contributed by atoms with E-state index in [4.69, 9.17) is 18.9 Å². The van der Waals surface area contributed by atoms with E-state index in [1.807, 2.05) is 0 Å². The molecule has 18 heteroatoms. The van der Waals surface area contributed by atoms with E-state index in [0.717, 1.165) is 36.4 Å². The summed E-state index contributed by atoms with van der Waals surface area (Å²) in [5.41, 5.74) is -2.99. The molecule has 4 rings (SSSR count). The van der Waals surface area contributed by atoms with Crippen LogP contribution in [0.25, 0.3) is 0 Å². The molecule has 2 heterocycles. The van der Waals surface area contributed by atoms with Crippen LogP contribution in [-0.2, 0) is 18.9 Å². The normalized spacial score (nSPS) is 22.1. The van der Waals surface area contributed by atoms with Crippen molar-refractivity contribution in [3.63, 3.8) is 0 Å². The summed E-state index contributed by atoms with van der Waals surface area (Å²) in [5.74, 6) is -3.60. The molecule has 2 aliphatic rings. The minimum Gasteiger partial charge on any atom is -0.769 e. The molecule has 1 spiro atoms. The highest BCUT2D eigenvalue weighted by molar-refractivity contribution is 5.93. The lowest BCUT2D eigenvalue weighted by atomic mass is 9.93. The molecule has 0 radical (unpaired) electrons. The van der Waals surface area contributed by atoms with E-state index in [-0.39, 0.29) is 25.2 Å². The zero-order valence-electron chi connectivity index (χ0n) is 21.0. The van der Waals surface area contributed by atoms with E-state index < -0.39 is 79.2 Å². The van der Waals surface area contributed by atoms with Crippen molar-refractivity contribution in [3.8, 4) is 0 Å². The first-order chi connectivity index (χ1) is 19.4. The Hall–Kier alpha value is -3.82. The fourth-order valence-corrected chi connectivity index (χ4v) is 4.48. The van der Waals surface area contributed by atoms with Gasteiger partial charge in [0.25, 0.3) is 0 Å². The second-order valence-electron chi connectivity index (χ2n) is 9.15. The lowest BCUT2D eigenvalue weighted by Gasteiger charge is -2.46. The second kappa shape index (κ2) is 12.4. The number of hydrogen-bond acceptors (Lipinski definition) is 18. The van der Waals surface area contributed by atoms with Crippen LogP contribution in [0.4, 0.5) is 22.7 Å². The highest BCUT2D eigenvalue weighted by Gasteiger charge is 2.50. The Morgan fingerprint density at radius 2 is 1.27 bits per heavy atom. The molecular weight excluding hydrogens is 556 g/mol. The van der Waals surface area contributed by atoms with Gasteiger partial charge in [0.2, 0.25) is 5.79 Å². The fourth-order valence-electron chi connectivity index (χ4n) is 4.48. The highest BCUT2D eigenvalue weighted by Crippen LogP contribution is 2.38. The van der Waals surface area contributed by atoms with Gasteiger partial charge < -0.3 is 50.2 Å². The summed E-state index contributed by atoms with van der Waals surface area (Å²) in [7, 11) is 0.